The van der Waals surface area contributed by atoms with Crippen LogP contribution in [0.2, 0.25) is 0 Å². The summed E-state index contributed by atoms with van der Waals surface area (Å²) in [6.45, 7) is 4.84. The molecule has 3 aromatic heterocycles. The lowest BCUT2D eigenvalue weighted by atomic mass is 10.0. The molecule has 8 heteroatoms. The van der Waals surface area contributed by atoms with Crippen LogP contribution in [0, 0.1) is 13.8 Å². The number of furan rings is 1. The molecular formula is C23H26N4O4. The van der Waals surface area contributed by atoms with Crippen molar-refractivity contribution < 1.29 is 19.1 Å². The van der Waals surface area contributed by atoms with Gasteiger partial charge in [-0.25, -0.2) is 4.98 Å². The summed E-state index contributed by atoms with van der Waals surface area (Å²) in [6, 6.07) is 6.42. The van der Waals surface area contributed by atoms with Crippen molar-refractivity contribution in [1.29, 1.82) is 0 Å². The van der Waals surface area contributed by atoms with Crippen LogP contribution in [0.1, 0.15) is 35.2 Å². The Morgan fingerprint density at radius 2 is 2.00 bits per heavy atom. The summed E-state index contributed by atoms with van der Waals surface area (Å²) in [6.07, 6.45) is 3.97. The maximum absolute atomic E-state index is 13.1. The number of imidazole rings is 1. The van der Waals surface area contributed by atoms with Crippen molar-refractivity contribution >= 4 is 23.1 Å². The highest BCUT2D eigenvalue weighted by Gasteiger charge is 2.47. The Morgan fingerprint density at radius 3 is 2.68 bits per heavy atom. The molecule has 0 aliphatic carbocycles. The van der Waals surface area contributed by atoms with E-state index in [0.717, 1.165) is 12.1 Å². The van der Waals surface area contributed by atoms with Gasteiger partial charge in [0.05, 0.1) is 17.5 Å². The molecule has 162 valence electrons. The number of carbonyl (C=O) groups excluding carboxylic acids is 2. The van der Waals surface area contributed by atoms with Crippen LogP contribution in [-0.4, -0.2) is 63.2 Å². The lowest BCUT2D eigenvalue weighted by molar-refractivity contribution is -0.140. The zero-order valence-corrected chi connectivity index (χ0v) is 18.1. The van der Waals surface area contributed by atoms with E-state index in [9.17, 15) is 14.7 Å². The molecule has 8 nitrogen and oxygen atoms in total. The maximum Gasteiger partial charge on any atom is 0.295 e. The van der Waals surface area contributed by atoms with E-state index in [-0.39, 0.29) is 11.3 Å². The number of aromatic nitrogens is 2. The molecule has 1 atom stereocenters. The molecule has 4 heterocycles. The summed E-state index contributed by atoms with van der Waals surface area (Å²) < 4.78 is 7.33. The van der Waals surface area contributed by atoms with Gasteiger partial charge in [-0.15, -0.1) is 0 Å². The number of hydrogen-bond donors (Lipinski definition) is 1. The van der Waals surface area contributed by atoms with Crippen LogP contribution >= 0.6 is 0 Å². The summed E-state index contributed by atoms with van der Waals surface area (Å²) >= 11 is 0. The van der Waals surface area contributed by atoms with Gasteiger partial charge in [0.1, 0.15) is 23.1 Å². The average molecular weight is 422 g/mol. The molecule has 0 unspecified atom stereocenters. The number of aryl methyl sites for hydroxylation is 2. The fraction of sp³-hybridized carbons (Fsp3) is 0.348. The van der Waals surface area contributed by atoms with Crippen LogP contribution in [0.15, 0.2) is 46.7 Å². The third-order valence-electron chi connectivity index (χ3n) is 5.60. The number of carbonyl (C=O) groups is 2. The number of nitrogens with zero attached hydrogens (tertiary/aromatic N) is 4. The van der Waals surface area contributed by atoms with E-state index >= 15 is 0 Å². The maximum atomic E-state index is 13.1. The SMILES string of the molecule is Cc1nc2c(C)cccn2c1/C(O)=C1\C(=O)C(=O)N(CCCN(C)C)[C@@H]1c1ccco1. The number of fused-ring (bicyclic) bond motifs is 1. The fourth-order valence-corrected chi connectivity index (χ4v) is 4.14. The van der Waals surface area contributed by atoms with Crippen LogP contribution < -0.4 is 0 Å². The van der Waals surface area contributed by atoms with Crippen molar-refractivity contribution in [3.63, 3.8) is 0 Å². The quantitative estimate of drug-likeness (QED) is 0.373. The second-order valence-corrected chi connectivity index (χ2v) is 8.10. The molecule has 0 spiro atoms. The van der Waals surface area contributed by atoms with Crippen molar-refractivity contribution in [2.24, 2.45) is 0 Å². The molecule has 1 amide bonds. The Labute approximate surface area is 180 Å². The third-order valence-corrected chi connectivity index (χ3v) is 5.60. The van der Waals surface area contributed by atoms with E-state index in [4.69, 9.17) is 4.42 Å². The number of ketones is 1. The Kier molecular flexibility index (Phi) is 5.41. The van der Waals surface area contributed by atoms with Gasteiger partial charge < -0.3 is 19.3 Å². The number of Topliss-reactive ketones (excluding diaryl/α,β-unsaturated/α-hetero) is 1. The molecule has 1 N–H and O–H groups in total. The van der Waals surface area contributed by atoms with Crippen LogP contribution in [0.3, 0.4) is 0 Å². The first-order chi connectivity index (χ1) is 14.8. The van der Waals surface area contributed by atoms with Crippen LogP contribution in [0.4, 0.5) is 0 Å². The molecule has 0 bridgehead atoms. The van der Waals surface area contributed by atoms with Gasteiger partial charge in [-0.05, 0) is 64.7 Å². The first-order valence-electron chi connectivity index (χ1n) is 10.2. The van der Waals surface area contributed by atoms with Gasteiger partial charge in [0.25, 0.3) is 11.7 Å². The number of amides is 1. The largest absolute Gasteiger partial charge is 0.505 e. The number of pyridine rings is 1. The average Bonchev–Trinajstić information content (AvgIpc) is 3.41. The molecule has 1 aliphatic rings. The zero-order valence-electron chi connectivity index (χ0n) is 18.1. The first-order valence-corrected chi connectivity index (χ1v) is 10.2. The van der Waals surface area contributed by atoms with Gasteiger partial charge in [0, 0.05) is 12.7 Å². The number of rotatable bonds is 6. The van der Waals surface area contributed by atoms with E-state index in [1.807, 2.05) is 38.1 Å². The van der Waals surface area contributed by atoms with Crippen molar-refractivity contribution in [3.05, 3.63) is 65.0 Å². The molecule has 1 saturated heterocycles. The minimum atomic E-state index is -0.785. The second kappa shape index (κ2) is 8.03. The summed E-state index contributed by atoms with van der Waals surface area (Å²) in [7, 11) is 3.90. The van der Waals surface area contributed by atoms with E-state index in [2.05, 4.69) is 4.98 Å². The monoisotopic (exact) mass is 422 g/mol. The number of aliphatic hydroxyl groups is 1. The second-order valence-electron chi connectivity index (χ2n) is 8.10. The highest BCUT2D eigenvalue weighted by atomic mass is 16.3. The lowest BCUT2D eigenvalue weighted by Gasteiger charge is -2.24. The molecule has 0 saturated carbocycles. The van der Waals surface area contributed by atoms with Crippen LogP contribution in [0.25, 0.3) is 11.4 Å². The van der Waals surface area contributed by atoms with Gasteiger partial charge in [-0.2, -0.15) is 0 Å². The molecule has 4 rings (SSSR count). The van der Waals surface area contributed by atoms with Crippen molar-refractivity contribution in [3.8, 4) is 0 Å². The Bertz CT molecular complexity index is 1170. The molecular weight excluding hydrogens is 396 g/mol. The number of likely N-dealkylation sites (tertiary alicyclic amines) is 1. The highest BCUT2D eigenvalue weighted by Crippen LogP contribution is 2.40. The smallest absolute Gasteiger partial charge is 0.295 e. The van der Waals surface area contributed by atoms with Crippen molar-refractivity contribution in [2.45, 2.75) is 26.3 Å². The van der Waals surface area contributed by atoms with Crippen molar-refractivity contribution in [1.82, 2.24) is 19.2 Å². The Balaban J connectivity index is 1.86. The van der Waals surface area contributed by atoms with E-state index in [1.54, 1.807) is 29.7 Å². The van der Waals surface area contributed by atoms with Gasteiger partial charge in [0.2, 0.25) is 0 Å². The zero-order chi connectivity index (χ0) is 22.3. The molecule has 0 radical (unpaired) electrons. The summed E-state index contributed by atoms with van der Waals surface area (Å²) in [5, 5.41) is 11.3. The minimum absolute atomic E-state index is 0.0243. The molecule has 1 fully saturated rings. The predicted molar refractivity (Wildman–Crippen MR) is 116 cm³/mol. The first kappa shape index (κ1) is 20.9. The third kappa shape index (κ3) is 3.53. The van der Waals surface area contributed by atoms with Gasteiger partial charge in [0.15, 0.2) is 5.76 Å². The molecule has 3 aromatic rings. The number of hydrogen-bond acceptors (Lipinski definition) is 6. The number of aliphatic hydroxyl groups excluding tert-OH is 1. The lowest BCUT2D eigenvalue weighted by Crippen LogP contribution is -2.32. The summed E-state index contributed by atoms with van der Waals surface area (Å²) in [5.41, 5.74) is 2.63. The topological polar surface area (TPSA) is 91.3 Å². The summed E-state index contributed by atoms with van der Waals surface area (Å²) in [4.78, 5) is 34.1. The fourth-order valence-electron chi connectivity index (χ4n) is 4.14. The van der Waals surface area contributed by atoms with E-state index in [1.165, 1.54) is 11.2 Å². The predicted octanol–water partition coefficient (Wildman–Crippen LogP) is 2.92. The van der Waals surface area contributed by atoms with Crippen LogP contribution in [0.5, 0.6) is 0 Å². The van der Waals surface area contributed by atoms with Crippen LogP contribution in [-0.2, 0) is 9.59 Å². The Hall–Kier alpha value is -3.39. The Morgan fingerprint density at radius 1 is 1.23 bits per heavy atom. The van der Waals surface area contributed by atoms with Gasteiger partial charge in [-0.3, -0.25) is 14.0 Å². The van der Waals surface area contributed by atoms with Gasteiger partial charge >= 0.3 is 0 Å². The minimum Gasteiger partial charge on any atom is -0.505 e. The molecule has 31 heavy (non-hydrogen) atoms. The standard InChI is InChI=1S/C23H26N4O4/c1-14-8-5-11-26-18(15(2)24-22(14)26)20(28)17-19(16-9-6-13-31-16)27(23(30)21(17)29)12-7-10-25(3)4/h5-6,8-9,11,13,19,28H,7,10,12H2,1-4H3/b20-17+/t19-/m1/s1. The van der Waals surface area contributed by atoms with E-state index < -0.39 is 17.7 Å². The summed E-state index contributed by atoms with van der Waals surface area (Å²) in [5.74, 6) is -1.16. The normalized spacial score (nSPS) is 18.6. The molecule has 1 aliphatic heterocycles. The molecule has 0 aromatic carbocycles. The van der Waals surface area contributed by atoms with Crippen molar-refractivity contribution in [2.75, 3.05) is 27.2 Å². The van der Waals surface area contributed by atoms with Gasteiger partial charge in [-0.1, -0.05) is 6.07 Å². The highest BCUT2D eigenvalue weighted by molar-refractivity contribution is 6.46. The van der Waals surface area contributed by atoms with E-state index in [0.29, 0.717) is 35.8 Å².